The summed E-state index contributed by atoms with van der Waals surface area (Å²) in [7, 11) is 1.99. The third-order valence-electron chi connectivity index (χ3n) is 5.87. The quantitative estimate of drug-likeness (QED) is 0.783. The van der Waals surface area contributed by atoms with Gasteiger partial charge in [0.25, 0.3) is 0 Å². The van der Waals surface area contributed by atoms with Gasteiger partial charge in [0.05, 0.1) is 6.07 Å². The Morgan fingerprint density at radius 2 is 1.74 bits per heavy atom. The number of carbonyl (C=O) groups excluding carboxylic acids is 1. The number of nitriles is 1. The minimum absolute atomic E-state index is 0.134. The van der Waals surface area contributed by atoms with Crippen molar-refractivity contribution in [3.63, 3.8) is 0 Å². The molecule has 0 saturated heterocycles. The Bertz CT molecular complexity index is 388. The molecule has 4 fully saturated rings. The maximum Gasteiger partial charge on any atom is 0.226 e. The number of hydrogen-bond acceptors (Lipinski definition) is 2. The molecule has 0 aromatic heterocycles. The minimum atomic E-state index is -0.150. The zero-order valence-corrected chi connectivity index (χ0v) is 12.1. The molecule has 3 nitrogen and oxygen atoms in total. The van der Waals surface area contributed by atoms with Crippen molar-refractivity contribution < 1.29 is 4.79 Å². The van der Waals surface area contributed by atoms with Gasteiger partial charge in [0.1, 0.15) is 0 Å². The smallest absolute Gasteiger partial charge is 0.226 e. The highest BCUT2D eigenvalue weighted by atomic mass is 16.2. The van der Waals surface area contributed by atoms with Gasteiger partial charge in [-0.2, -0.15) is 5.26 Å². The fraction of sp³-hybridized carbons (Fsp3) is 0.875. The second kappa shape index (κ2) is 4.51. The molecule has 19 heavy (non-hydrogen) atoms. The van der Waals surface area contributed by atoms with E-state index in [0.29, 0.717) is 6.42 Å². The largest absolute Gasteiger partial charge is 0.340 e. The van der Waals surface area contributed by atoms with Gasteiger partial charge in [-0.1, -0.05) is 6.92 Å². The summed E-state index contributed by atoms with van der Waals surface area (Å²) in [6.45, 7) is 1.89. The van der Waals surface area contributed by atoms with Crippen molar-refractivity contribution in [2.75, 3.05) is 7.05 Å². The van der Waals surface area contributed by atoms with E-state index < -0.39 is 0 Å². The summed E-state index contributed by atoms with van der Waals surface area (Å²) in [6, 6.07) is 2.13. The van der Waals surface area contributed by atoms with Gasteiger partial charge in [0.15, 0.2) is 0 Å². The molecule has 4 saturated carbocycles. The molecular weight excluding hydrogens is 236 g/mol. The molecule has 4 bridgehead atoms. The number of hydrogen-bond donors (Lipinski definition) is 0. The van der Waals surface area contributed by atoms with Crippen LogP contribution in [0.4, 0.5) is 0 Å². The summed E-state index contributed by atoms with van der Waals surface area (Å²) in [5.74, 6) is 2.60. The van der Waals surface area contributed by atoms with Crippen LogP contribution in [0.5, 0.6) is 0 Å². The van der Waals surface area contributed by atoms with Gasteiger partial charge in [0, 0.05) is 24.9 Å². The molecule has 0 aromatic rings. The molecule has 104 valence electrons. The van der Waals surface area contributed by atoms with Crippen LogP contribution in [0, 0.1) is 35.0 Å². The monoisotopic (exact) mass is 260 g/mol. The van der Waals surface area contributed by atoms with E-state index in [1.807, 2.05) is 18.9 Å². The predicted octanol–water partition coefficient (Wildman–Crippen LogP) is 2.96. The van der Waals surface area contributed by atoms with Crippen LogP contribution in [-0.4, -0.2) is 23.4 Å². The predicted molar refractivity (Wildman–Crippen MR) is 73.1 cm³/mol. The molecule has 0 aromatic carbocycles. The minimum Gasteiger partial charge on any atom is -0.340 e. The van der Waals surface area contributed by atoms with Gasteiger partial charge >= 0.3 is 0 Å². The van der Waals surface area contributed by atoms with Gasteiger partial charge in [0.2, 0.25) is 5.91 Å². The van der Waals surface area contributed by atoms with Crippen molar-refractivity contribution in [1.29, 1.82) is 5.26 Å². The number of amides is 1. The van der Waals surface area contributed by atoms with Crippen LogP contribution in [0.2, 0.25) is 0 Å². The molecule has 0 radical (unpaired) electrons. The van der Waals surface area contributed by atoms with Gasteiger partial charge in [-0.05, 0) is 56.3 Å². The van der Waals surface area contributed by atoms with E-state index >= 15 is 0 Å². The van der Waals surface area contributed by atoms with Crippen molar-refractivity contribution in [3.05, 3.63) is 0 Å². The zero-order chi connectivity index (χ0) is 13.6. The number of rotatable bonds is 3. The SMILES string of the molecule is CC(CC#N)C(=O)N(C)C12CC3CC(CC(C3)C1)C2. The highest BCUT2D eigenvalue weighted by molar-refractivity contribution is 5.79. The van der Waals surface area contributed by atoms with Crippen LogP contribution in [0.15, 0.2) is 0 Å². The topological polar surface area (TPSA) is 44.1 Å². The average Bonchev–Trinajstić information content (AvgIpc) is 2.35. The van der Waals surface area contributed by atoms with Crippen molar-refractivity contribution in [3.8, 4) is 6.07 Å². The first kappa shape index (κ1) is 13.0. The van der Waals surface area contributed by atoms with E-state index in [1.54, 1.807) is 0 Å². The summed E-state index contributed by atoms with van der Waals surface area (Å²) >= 11 is 0. The van der Waals surface area contributed by atoms with Gasteiger partial charge < -0.3 is 4.90 Å². The summed E-state index contributed by atoms with van der Waals surface area (Å²) in [4.78, 5) is 14.6. The Kier molecular flexibility index (Phi) is 3.08. The zero-order valence-electron chi connectivity index (χ0n) is 12.1. The van der Waals surface area contributed by atoms with E-state index in [-0.39, 0.29) is 17.4 Å². The standard InChI is InChI=1S/C16H24N2O/c1-11(3-4-17)15(19)18(2)16-8-12-5-13(9-16)7-14(6-12)10-16/h11-14H,3,5-10H2,1-2H3. The molecular formula is C16H24N2O. The average molecular weight is 260 g/mol. The number of carbonyl (C=O) groups is 1. The maximum atomic E-state index is 12.5. The van der Waals surface area contributed by atoms with Crippen molar-refractivity contribution in [2.24, 2.45) is 23.7 Å². The Balaban J connectivity index is 1.78. The molecule has 0 aliphatic heterocycles. The Morgan fingerprint density at radius 1 is 1.26 bits per heavy atom. The molecule has 4 rings (SSSR count). The van der Waals surface area contributed by atoms with Crippen LogP contribution >= 0.6 is 0 Å². The molecule has 1 unspecified atom stereocenters. The van der Waals surface area contributed by atoms with Crippen LogP contribution in [0.3, 0.4) is 0 Å². The molecule has 0 heterocycles. The summed E-state index contributed by atoms with van der Waals surface area (Å²) in [5.41, 5.74) is 0.134. The molecule has 4 aliphatic rings. The van der Waals surface area contributed by atoms with Gasteiger partial charge in [-0.3, -0.25) is 4.79 Å². The summed E-state index contributed by atoms with van der Waals surface area (Å²) < 4.78 is 0. The fourth-order valence-electron chi connectivity index (χ4n) is 5.26. The molecule has 3 heteroatoms. The van der Waals surface area contributed by atoms with E-state index in [9.17, 15) is 4.79 Å². The van der Waals surface area contributed by atoms with Crippen LogP contribution in [-0.2, 0) is 4.79 Å². The second-order valence-corrected chi connectivity index (χ2v) is 7.30. The number of nitrogens with zero attached hydrogens (tertiary/aromatic N) is 2. The van der Waals surface area contributed by atoms with E-state index in [0.717, 1.165) is 17.8 Å². The second-order valence-electron chi connectivity index (χ2n) is 7.30. The third-order valence-corrected chi connectivity index (χ3v) is 5.87. The normalized spacial score (nSPS) is 40.8. The third kappa shape index (κ3) is 2.06. The summed E-state index contributed by atoms with van der Waals surface area (Å²) in [5, 5.41) is 8.78. The van der Waals surface area contributed by atoms with Gasteiger partial charge in [-0.25, -0.2) is 0 Å². The highest BCUT2D eigenvalue weighted by Crippen LogP contribution is 2.57. The first-order chi connectivity index (χ1) is 9.04. The van der Waals surface area contributed by atoms with E-state index in [4.69, 9.17) is 5.26 Å². The van der Waals surface area contributed by atoms with Crippen LogP contribution < -0.4 is 0 Å². The first-order valence-electron chi connectivity index (χ1n) is 7.68. The maximum absolute atomic E-state index is 12.5. The van der Waals surface area contributed by atoms with Crippen molar-refractivity contribution in [2.45, 2.75) is 57.4 Å². The fourth-order valence-corrected chi connectivity index (χ4v) is 5.26. The molecule has 1 amide bonds. The van der Waals surface area contributed by atoms with Crippen molar-refractivity contribution in [1.82, 2.24) is 4.90 Å². The molecule has 0 spiro atoms. The Labute approximate surface area is 116 Å². The van der Waals surface area contributed by atoms with Crippen LogP contribution in [0.1, 0.15) is 51.9 Å². The van der Waals surface area contributed by atoms with E-state index in [1.165, 1.54) is 38.5 Å². The van der Waals surface area contributed by atoms with Crippen molar-refractivity contribution >= 4 is 5.91 Å². The van der Waals surface area contributed by atoms with Gasteiger partial charge in [-0.15, -0.1) is 0 Å². The molecule has 0 N–H and O–H groups in total. The van der Waals surface area contributed by atoms with Crippen LogP contribution in [0.25, 0.3) is 0 Å². The lowest BCUT2D eigenvalue weighted by Crippen LogP contribution is -2.61. The lowest BCUT2D eigenvalue weighted by molar-refractivity contribution is -0.151. The highest BCUT2D eigenvalue weighted by Gasteiger charge is 2.53. The Morgan fingerprint density at radius 3 is 2.16 bits per heavy atom. The Hall–Kier alpha value is -1.04. The molecule has 1 atom stereocenters. The lowest BCUT2D eigenvalue weighted by Gasteiger charge is -2.60. The first-order valence-corrected chi connectivity index (χ1v) is 7.68. The lowest BCUT2D eigenvalue weighted by atomic mass is 9.52. The molecule has 4 aliphatic carbocycles. The van der Waals surface area contributed by atoms with E-state index in [2.05, 4.69) is 6.07 Å². The summed E-state index contributed by atoms with van der Waals surface area (Å²) in [6.07, 6.45) is 8.16.